The van der Waals surface area contributed by atoms with E-state index in [-0.39, 0.29) is 6.61 Å². The summed E-state index contributed by atoms with van der Waals surface area (Å²) in [7, 11) is 0. The molecule has 1 atom stereocenters. The maximum Gasteiger partial charge on any atom is 0.367 e. The van der Waals surface area contributed by atoms with Crippen molar-refractivity contribution in [3.63, 3.8) is 0 Å². The molecule has 0 saturated carbocycles. The first kappa shape index (κ1) is 10.3. The second-order valence-electron chi connectivity index (χ2n) is 1.73. The minimum Gasteiger partial charge on any atom is -0.394 e. The summed E-state index contributed by atoms with van der Waals surface area (Å²) in [6.07, 6.45) is -1.08. The van der Waals surface area contributed by atoms with Crippen LogP contribution in [-0.2, 0) is 14.6 Å². The highest BCUT2D eigenvalue weighted by Gasteiger charge is 2.05. The van der Waals surface area contributed by atoms with Crippen molar-refractivity contribution in [1.82, 2.24) is 0 Å². The molecule has 0 aliphatic rings. The van der Waals surface area contributed by atoms with Gasteiger partial charge in [-0.15, -0.1) is 0 Å². The van der Waals surface area contributed by atoms with Crippen LogP contribution in [0.1, 0.15) is 0 Å². The van der Waals surface area contributed by atoms with Gasteiger partial charge in [-0.3, -0.25) is 4.89 Å². The summed E-state index contributed by atoms with van der Waals surface area (Å²) in [5.74, 6) is -0.949. The molecule has 0 fully saturated rings. The van der Waals surface area contributed by atoms with E-state index in [4.69, 9.17) is 15.3 Å². The third kappa shape index (κ3) is 5.74. The van der Waals surface area contributed by atoms with Crippen LogP contribution in [0.15, 0.2) is 0 Å². The third-order valence-corrected chi connectivity index (χ3v) is 0.752. The summed E-state index contributed by atoms with van der Waals surface area (Å²) in [5, 5.41) is 24.9. The topological polar surface area (TPSA) is 96.2 Å². The molecule has 0 bridgehead atoms. The molecule has 11 heavy (non-hydrogen) atoms. The molecule has 0 aliphatic heterocycles. The summed E-state index contributed by atoms with van der Waals surface area (Å²) in [5.41, 5.74) is 0. The predicted molar refractivity (Wildman–Crippen MR) is 32.2 cm³/mol. The van der Waals surface area contributed by atoms with Gasteiger partial charge < -0.3 is 15.3 Å². The Morgan fingerprint density at radius 1 is 1.45 bits per heavy atom. The SMILES string of the molecule is O=C(CO)OOCC(O)CO. The van der Waals surface area contributed by atoms with Gasteiger partial charge in [0.2, 0.25) is 0 Å². The number of aliphatic hydroxyl groups excluding tert-OH is 3. The smallest absolute Gasteiger partial charge is 0.367 e. The van der Waals surface area contributed by atoms with E-state index in [1.165, 1.54) is 0 Å². The summed E-state index contributed by atoms with van der Waals surface area (Å²) >= 11 is 0. The van der Waals surface area contributed by atoms with E-state index in [0.717, 1.165) is 0 Å². The number of hydrogen-bond acceptors (Lipinski definition) is 6. The number of rotatable bonds is 5. The van der Waals surface area contributed by atoms with Gasteiger partial charge >= 0.3 is 5.97 Å². The third-order valence-electron chi connectivity index (χ3n) is 0.752. The van der Waals surface area contributed by atoms with Gasteiger partial charge in [0.15, 0.2) is 0 Å². The molecular formula is C5H10O6. The minimum atomic E-state index is -1.08. The van der Waals surface area contributed by atoms with Crippen LogP contribution < -0.4 is 0 Å². The van der Waals surface area contributed by atoms with Crippen LogP contribution in [0.5, 0.6) is 0 Å². The van der Waals surface area contributed by atoms with Crippen molar-refractivity contribution in [2.45, 2.75) is 6.10 Å². The predicted octanol–water partition coefficient (Wildman–Crippen LogP) is -2.19. The molecule has 0 amide bonds. The molecule has 0 aromatic rings. The van der Waals surface area contributed by atoms with Crippen LogP contribution in [0.2, 0.25) is 0 Å². The van der Waals surface area contributed by atoms with Gasteiger partial charge in [0, 0.05) is 0 Å². The summed E-state index contributed by atoms with van der Waals surface area (Å²) in [6.45, 7) is -1.58. The van der Waals surface area contributed by atoms with E-state index in [0.29, 0.717) is 0 Å². The second-order valence-corrected chi connectivity index (χ2v) is 1.73. The standard InChI is InChI=1S/C5H10O6/c6-1-4(8)3-10-11-5(9)2-7/h4,6-8H,1-3H2. The van der Waals surface area contributed by atoms with Crippen molar-refractivity contribution in [2.24, 2.45) is 0 Å². The molecule has 66 valence electrons. The molecule has 0 spiro atoms. The molecule has 0 aliphatic carbocycles. The van der Waals surface area contributed by atoms with Crippen molar-refractivity contribution >= 4 is 5.97 Å². The Balaban J connectivity index is 3.20. The van der Waals surface area contributed by atoms with Crippen LogP contribution in [0, 0.1) is 0 Å². The Hall–Kier alpha value is -0.690. The van der Waals surface area contributed by atoms with E-state index in [1.54, 1.807) is 0 Å². The van der Waals surface area contributed by atoms with Gasteiger partial charge in [-0.25, -0.2) is 4.79 Å². The lowest BCUT2D eigenvalue weighted by molar-refractivity contribution is -0.284. The van der Waals surface area contributed by atoms with E-state index in [2.05, 4.69) is 9.78 Å². The lowest BCUT2D eigenvalue weighted by atomic mass is 10.4. The molecule has 0 radical (unpaired) electrons. The lowest BCUT2D eigenvalue weighted by Crippen LogP contribution is -2.21. The van der Waals surface area contributed by atoms with Crippen LogP contribution in [0.4, 0.5) is 0 Å². The molecule has 6 heteroatoms. The highest BCUT2D eigenvalue weighted by molar-refractivity contribution is 5.69. The quantitative estimate of drug-likeness (QED) is 0.317. The number of hydrogen-bond donors (Lipinski definition) is 3. The molecule has 3 N–H and O–H groups in total. The van der Waals surface area contributed by atoms with Crippen molar-refractivity contribution in [3.8, 4) is 0 Å². The van der Waals surface area contributed by atoms with E-state index >= 15 is 0 Å². The molecule has 0 heterocycles. The summed E-state index contributed by atoms with van der Waals surface area (Å²) in [6, 6.07) is 0. The van der Waals surface area contributed by atoms with Crippen LogP contribution in [0.25, 0.3) is 0 Å². The molecule has 1 unspecified atom stereocenters. The first-order valence-electron chi connectivity index (χ1n) is 2.92. The van der Waals surface area contributed by atoms with Crippen LogP contribution in [-0.4, -0.2) is 47.2 Å². The number of carbonyl (C=O) groups is 1. The number of carbonyl (C=O) groups excluding carboxylic acids is 1. The molecule has 0 saturated heterocycles. The average molecular weight is 166 g/mol. The molecule has 0 aromatic carbocycles. The average Bonchev–Trinajstić information content (AvgIpc) is 2.04. The van der Waals surface area contributed by atoms with E-state index in [1.807, 2.05) is 0 Å². The fraction of sp³-hybridized carbons (Fsp3) is 0.800. The fourth-order valence-corrected chi connectivity index (χ4v) is 0.257. The van der Waals surface area contributed by atoms with Gasteiger partial charge in [-0.2, -0.15) is 4.89 Å². The molecule has 0 aromatic heterocycles. The second kappa shape index (κ2) is 6.05. The normalized spacial score (nSPS) is 12.6. The van der Waals surface area contributed by atoms with Gasteiger partial charge in [-0.05, 0) is 0 Å². The van der Waals surface area contributed by atoms with Gasteiger partial charge in [0.05, 0.1) is 6.61 Å². The van der Waals surface area contributed by atoms with Crippen LogP contribution >= 0.6 is 0 Å². The first-order valence-corrected chi connectivity index (χ1v) is 2.92. The highest BCUT2D eigenvalue weighted by Crippen LogP contribution is 1.85. The zero-order chi connectivity index (χ0) is 8.69. The maximum absolute atomic E-state index is 10.1. The Morgan fingerprint density at radius 2 is 2.09 bits per heavy atom. The lowest BCUT2D eigenvalue weighted by Gasteiger charge is -2.05. The van der Waals surface area contributed by atoms with Crippen molar-refractivity contribution in [2.75, 3.05) is 19.8 Å². The Kier molecular flexibility index (Phi) is 5.67. The molecule has 0 rings (SSSR count). The van der Waals surface area contributed by atoms with Crippen LogP contribution in [0.3, 0.4) is 0 Å². The van der Waals surface area contributed by atoms with E-state index in [9.17, 15) is 4.79 Å². The molecular weight excluding hydrogens is 156 g/mol. The monoisotopic (exact) mass is 166 g/mol. The zero-order valence-corrected chi connectivity index (χ0v) is 5.77. The largest absolute Gasteiger partial charge is 0.394 e. The zero-order valence-electron chi connectivity index (χ0n) is 5.77. The van der Waals surface area contributed by atoms with Gasteiger partial charge in [-0.1, -0.05) is 0 Å². The van der Waals surface area contributed by atoms with Crippen molar-refractivity contribution in [1.29, 1.82) is 0 Å². The Labute approximate surface area is 62.9 Å². The van der Waals surface area contributed by atoms with E-state index < -0.39 is 25.3 Å². The highest BCUT2D eigenvalue weighted by atomic mass is 17.2. The molecule has 6 nitrogen and oxygen atoms in total. The van der Waals surface area contributed by atoms with Crippen molar-refractivity contribution < 1.29 is 29.9 Å². The van der Waals surface area contributed by atoms with Gasteiger partial charge in [0.1, 0.15) is 19.3 Å². The maximum atomic E-state index is 10.1. The van der Waals surface area contributed by atoms with Gasteiger partial charge in [0.25, 0.3) is 0 Å². The minimum absolute atomic E-state index is 0.317. The van der Waals surface area contributed by atoms with Crippen molar-refractivity contribution in [3.05, 3.63) is 0 Å². The summed E-state index contributed by atoms with van der Waals surface area (Å²) < 4.78 is 0. The Morgan fingerprint density at radius 3 is 2.55 bits per heavy atom. The fourth-order valence-electron chi connectivity index (χ4n) is 0.257. The number of aliphatic hydroxyl groups is 3. The first-order chi connectivity index (χ1) is 5.20. The Bertz CT molecular complexity index is 114. The summed E-state index contributed by atoms with van der Waals surface area (Å²) in [4.78, 5) is 18.2.